The van der Waals surface area contributed by atoms with Crippen molar-refractivity contribution in [2.24, 2.45) is 23.5 Å². The van der Waals surface area contributed by atoms with Crippen LogP contribution in [0.5, 0.6) is 11.5 Å². The molecule has 0 bridgehead atoms. The number of phenolic OH excluding ortho intramolecular Hbond substituents is 1. The average molecular weight is 780 g/mol. The molecule has 0 aliphatic heterocycles. The van der Waals surface area contributed by atoms with E-state index in [2.05, 4.69) is 30.2 Å². The van der Waals surface area contributed by atoms with Crippen LogP contribution in [-0.2, 0) is 32.3 Å². The van der Waals surface area contributed by atoms with Gasteiger partial charge in [-0.15, -0.1) is 0 Å². The zero-order chi connectivity index (χ0) is 40.0. The molecule has 56 heavy (non-hydrogen) atoms. The van der Waals surface area contributed by atoms with Gasteiger partial charge in [-0.3, -0.25) is 0 Å². The summed E-state index contributed by atoms with van der Waals surface area (Å²) in [6.07, 6.45) is 15.3. The number of nitrogens with two attached hydrogens (primary N) is 1. The first kappa shape index (κ1) is 44.2. The van der Waals surface area contributed by atoms with Gasteiger partial charge in [-0.2, -0.15) is 0 Å². The van der Waals surface area contributed by atoms with Crippen LogP contribution >= 0.6 is 0 Å². The molecule has 3 aromatic rings. The summed E-state index contributed by atoms with van der Waals surface area (Å²) < 4.78 is 12.2. The Morgan fingerprint density at radius 1 is 0.911 bits per heavy atom. The van der Waals surface area contributed by atoms with Gasteiger partial charge in [0.05, 0.1) is 18.8 Å². The van der Waals surface area contributed by atoms with E-state index in [4.69, 9.17) is 14.9 Å². The number of hydrogen-bond acceptors (Lipinski definition) is 9. The number of furan rings is 1. The van der Waals surface area contributed by atoms with Crippen LogP contribution < -0.4 is 15.8 Å². The maximum absolute atomic E-state index is 11.2. The van der Waals surface area contributed by atoms with E-state index >= 15 is 0 Å². The minimum absolute atomic E-state index is 0.00428. The number of aromatic amines is 1. The highest BCUT2D eigenvalue weighted by atomic mass is 16.5. The summed E-state index contributed by atoms with van der Waals surface area (Å²) >= 11 is 0. The van der Waals surface area contributed by atoms with Gasteiger partial charge < -0.3 is 50.7 Å². The van der Waals surface area contributed by atoms with Crippen molar-refractivity contribution in [3.05, 3.63) is 69.9 Å². The van der Waals surface area contributed by atoms with Gasteiger partial charge in [-0.25, -0.2) is 0 Å². The number of nitrogens with one attached hydrogen (secondary N) is 2. The number of aromatic nitrogens is 1. The molecule has 0 unspecified atom stereocenters. The predicted molar refractivity (Wildman–Crippen MR) is 222 cm³/mol. The van der Waals surface area contributed by atoms with Crippen LogP contribution in [0.25, 0.3) is 0 Å². The summed E-state index contributed by atoms with van der Waals surface area (Å²) in [5, 5.41) is 55.4. The van der Waals surface area contributed by atoms with Crippen LogP contribution in [0.3, 0.4) is 0 Å². The van der Waals surface area contributed by atoms with Crippen LogP contribution in [0.1, 0.15) is 156 Å². The maximum atomic E-state index is 11.2. The van der Waals surface area contributed by atoms with Crippen molar-refractivity contribution >= 4 is 0 Å². The number of aryl methyl sites for hydroxylation is 4. The molecule has 0 spiro atoms. The molecule has 9 N–H and O–H groups in total. The van der Waals surface area contributed by atoms with E-state index in [1.807, 2.05) is 18.2 Å². The number of hydrogen-bond donors (Lipinski definition) is 8. The number of unbranched alkanes of at least 4 members (excludes halogenated alkanes) is 3. The molecule has 1 aromatic carbocycles. The largest absolute Gasteiger partial charge is 0.504 e. The smallest absolute Gasteiger partial charge is 0.161 e. The molecule has 2 heterocycles. The van der Waals surface area contributed by atoms with Crippen molar-refractivity contribution < 1.29 is 34.7 Å². The van der Waals surface area contributed by atoms with E-state index in [1.54, 1.807) is 13.0 Å². The Morgan fingerprint density at radius 3 is 2.50 bits per heavy atom. The molecule has 0 amide bonds. The number of aromatic hydroxyl groups is 1. The Hall–Kier alpha value is -2.86. The molecule has 1 saturated carbocycles. The molecule has 2 aliphatic carbocycles. The molecule has 7 atom stereocenters. The lowest BCUT2D eigenvalue weighted by molar-refractivity contribution is 0.103. The number of aliphatic hydroxyl groups excluding tert-OH is 4. The summed E-state index contributed by atoms with van der Waals surface area (Å²) in [6, 6.07) is 9.55. The second kappa shape index (κ2) is 22.3. The van der Waals surface area contributed by atoms with Crippen molar-refractivity contribution in [1.29, 1.82) is 0 Å². The molecule has 5 rings (SSSR count). The normalized spacial score (nSPS) is 20.4. The SMILES string of the molecule is CC(C)CC[C@H](O)CC[C@H](N)CCCCCCc1oc(CCc2ccc(O)c(OC[C@H](O)c3cc4c([nH]3)CC[C@@H]3CCC[C@@H]3[C@H]4CNC[C@H](C)O)c2)cc1CO. The minimum Gasteiger partial charge on any atom is -0.504 e. The van der Waals surface area contributed by atoms with Crippen molar-refractivity contribution in [3.63, 3.8) is 0 Å². The molecule has 10 heteroatoms. The molecular formula is C46H73N3O7. The van der Waals surface area contributed by atoms with Crippen LogP contribution in [0.15, 0.2) is 34.7 Å². The van der Waals surface area contributed by atoms with E-state index in [1.165, 1.54) is 30.5 Å². The monoisotopic (exact) mass is 780 g/mol. The molecule has 2 aromatic heterocycles. The summed E-state index contributed by atoms with van der Waals surface area (Å²) in [6.45, 7) is 7.50. The molecule has 314 valence electrons. The van der Waals surface area contributed by atoms with Crippen molar-refractivity contribution in [3.8, 4) is 11.5 Å². The van der Waals surface area contributed by atoms with Crippen molar-refractivity contribution in [2.45, 2.75) is 167 Å². The fraction of sp³-hybridized carbons (Fsp3) is 0.696. The van der Waals surface area contributed by atoms with Gasteiger partial charge in [0.25, 0.3) is 0 Å². The van der Waals surface area contributed by atoms with Crippen LogP contribution in [0.2, 0.25) is 0 Å². The third kappa shape index (κ3) is 13.3. The molecule has 2 aliphatic rings. The first-order valence-corrected chi connectivity index (χ1v) is 21.9. The second-order valence-electron chi connectivity index (χ2n) is 17.5. The third-order valence-electron chi connectivity index (χ3n) is 12.4. The van der Waals surface area contributed by atoms with E-state index in [9.17, 15) is 25.5 Å². The summed E-state index contributed by atoms with van der Waals surface area (Å²) in [5.41, 5.74) is 11.3. The van der Waals surface area contributed by atoms with Crippen molar-refractivity contribution in [1.82, 2.24) is 10.3 Å². The zero-order valence-electron chi connectivity index (χ0n) is 34.5. The first-order chi connectivity index (χ1) is 27.0. The lowest BCUT2D eigenvalue weighted by atomic mass is 9.80. The van der Waals surface area contributed by atoms with Crippen molar-refractivity contribution in [2.75, 3.05) is 19.7 Å². The number of fused-ring (bicyclic) bond motifs is 2. The highest BCUT2D eigenvalue weighted by Crippen LogP contribution is 2.47. The Labute approximate surface area is 335 Å². The highest BCUT2D eigenvalue weighted by molar-refractivity contribution is 5.42. The third-order valence-corrected chi connectivity index (χ3v) is 12.4. The molecule has 1 fully saturated rings. The predicted octanol–water partition coefficient (Wildman–Crippen LogP) is 7.52. The van der Waals surface area contributed by atoms with Gasteiger partial charge >= 0.3 is 0 Å². The Balaban J connectivity index is 1.06. The first-order valence-electron chi connectivity index (χ1n) is 21.9. The number of H-pyrrole nitrogens is 1. The summed E-state index contributed by atoms with van der Waals surface area (Å²) in [5.74, 6) is 4.33. The van der Waals surface area contributed by atoms with E-state index < -0.39 is 12.2 Å². The summed E-state index contributed by atoms with van der Waals surface area (Å²) in [4.78, 5) is 3.53. The lowest BCUT2D eigenvalue weighted by Gasteiger charge is -2.27. The standard InChI is InChI=1S/C46H73N3O7/c1-30(2)13-18-36(52)19-17-35(47)10-6-4-5-7-12-45-34(28-50)24-37(56-45)20-14-32-15-22-43(53)46(23-32)55-29-44(54)42-25-39-40(27-48-26-31(3)51)38-11-8-9-33(38)16-21-41(39)49-42/h15,22-25,30-31,33,35-36,38,40,44,48-54H,4-14,16-21,26-29,47H2,1-3H3/t31-,33-,35+,36-,38-,40+,44-/m0/s1. The molecule has 0 radical (unpaired) electrons. The zero-order valence-corrected chi connectivity index (χ0v) is 34.5. The van der Waals surface area contributed by atoms with Gasteiger partial charge in [0.15, 0.2) is 11.5 Å². The van der Waals surface area contributed by atoms with E-state index in [0.29, 0.717) is 42.9 Å². The number of aliphatic hydroxyl groups is 4. The van der Waals surface area contributed by atoms with Gasteiger partial charge in [0.2, 0.25) is 0 Å². The van der Waals surface area contributed by atoms with Crippen LogP contribution in [0.4, 0.5) is 0 Å². The highest BCUT2D eigenvalue weighted by Gasteiger charge is 2.38. The average Bonchev–Trinajstić information content (AvgIpc) is 3.91. The molecular weight excluding hydrogens is 707 g/mol. The van der Waals surface area contributed by atoms with Gasteiger partial charge in [-0.1, -0.05) is 52.0 Å². The van der Waals surface area contributed by atoms with E-state index in [-0.39, 0.29) is 31.1 Å². The van der Waals surface area contributed by atoms with Gasteiger partial charge in [0.1, 0.15) is 24.2 Å². The fourth-order valence-electron chi connectivity index (χ4n) is 9.10. The summed E-state index contributed by atoms with van der Waals surface area (Å²) in [7, 11) is 0. The Bertz CT molecular complexity index is 1580. The topological polar surface area (TPSA) is 177 Å². The molecule has 0 saturated heterocycles. The quantitative estimate of drug-likeness (QED) is 0.0404. The lowest BCUT2D eigenvalue weighted by Crippen LogP contribution is -2.32. The molecule has 10 nitrogen and oxygen atoms in total. The number of ether oxygens (including phenoxy) is 1. The minimum atomic E-state index is -0.879. The van der Waals surface area contributed by atoms with Gasteiger partial charge in [0, 0.05) is 54.8 Å². The fourth-order valence-corrected chi connectivity index (χ4v) is 9.10. The van der Waals surface area contributed by atoms with Crippen LogP contribution in [-0.4, -0.2) is 68.5 Å². The van der Waals surface area contributed by atoms with E-state index in [0.717, 1.165) is 118 Å². The van der Waals surface area contributed by atoms with Gasteiger partial charge in [-0.05, 0) is 124 Å². The maximum Gasteiger partial charge on any atom is 0.161 e. The number of rotatable bonds is 25. The number of phenols is 1. The Kier molecular flexibility index (Phi) is 17.6. The second-order valence-corrected chi connectivity index (χ2v) is 17.5. The Morgan fingerprint density at radius 2 is 1.71 bits per heavy atom. The number of benzene rings is 1. The van der Waals surface area contributed by atoms with Crippen LogP contribution in [0, 0.1) is 17.8 Å².